The van der Waals surface area contributed by atoms with Gasteiger partial charge < -0.3 is 15.7 Å². The fraction of sp³-hybridized carbons (Fsp3) is 0.500. The smallest absolute Gasteiger partial charge is 0.0894 e. The number of aliphatic hydroxyl groups excluding tert-OH is 1. The minimum Gasteiger partial charge on any atom is -0.387 e. The molecule has 0 bridgehead atoms. The Morgan fingerprint density at radius 1 is 1.82 bits per heavy atom. The lowest BCUT2D eigenvalue weighted by Crippen LogP contribution is -2.30. The predicted molar refractivity (Wildman–Crippen MR) is 45.2 cm³/mol. The first-order valence-corrected chi connectivity index (χ1v) is 3.76. The van der Waals surface area contributed by atoms with Crippen LogP contribution in [0.25, 0.3) is 0 Å². The van der Waals surface area contributed by atoms with E-state index in [1.807, 2.05) is 25.4 Å². The highest BCUT2D eigenvalue weighted by molar-refractivity contribution is 5.21. The maximum absolute atomic E-state index is 9.47. The molecule has 11 heavy (non-hydrogen) atoms. The fourth-order valence-electron chi connectivity index (χ4n) is 1.03. The van der Waals surface area contributed by atoms with E-state index in [9.17, 15) is 5.11 Å². The third-order valence-electron chi connectivity index (χ3n) is 1.66. The third kappa shape index (κ3) is 2.37. The van der Waals surface area contributed by atoms with Gasteiger partial charge in [0.05, 0.1) is 6.10 Å². The molecule has 0 spiro atoms. The number of hydrogen-bond acceptors (Lipinski definition) is 3. The van der Waals surface area contributed by atoms with Crippen molar-refractivity contribution >= 4 is 0 Å². The van der Waals surface area contributed by atoms with Gasteiger partial charge in [-0.05, 0) is 24.9 Å². The van der Waals surface area contributed by atoms with Gasteiger partial charge in [0.2, 0.25) is 0 Å². The van der Waals surface area contributed by atoms with Gasteiger partial charge in [0.1, 0.15) is 0 Å². The number of allylic oxidation sites excluding steroid dienone is 2. The van der Waals surface area contributed by atoms with Crippen LogP contribution in [0.2, 0.25) is 0 Å². The maximum atomic E-state index is 9.47. The van der Waals surface area contributed by atoms with Crippen LogP contribution in [0.15, 0.2) is 23.9 Å². The minimum absolute atomic E-state index is 0.363. The van der Waals surface area contributed by atoms with E-state index in [1.165, 1.54) is 0 Å². The van der Waals surface area contributed by atoms with E-state index in [-0.39, 0.29) is 6.10 Å². The molecule has 1 unspecified atom stereocenters. The van der Waals surface area contributed by atoms with Crippen molar-refractivity contribution in [1.82, 2.24) is 10.6 Å². The average Bonchev–Trinajstić information content (AvgIpc) is 2.07. The van der Waals surface area contributed by atoms with Crippen molar-refractivity contribution in [1.29, 1.82) is 0 Å². The van der Waals surface area contributed by atoms with Crippen molar-refractivity contribution in [3.63, 3.8) is 0 Å². The Bertz CT molecular complexity index is 175. The molecule has 1 rings (SSSR count). The van der Waals surface area contributed by atoms with Gasteiger partial charge in [0.15, 0.2) is 0 Å². The highest BCUT2D eigenvalue weighted by Crippen LogP contribution is 2.03. The molecule has 3 heteroatoms. The Balaban J connectivity index is 2.44. The topological polar surface area (TPSA) is 44.3 Å². The summed E-state index contributed by atoms with van der Waals surface area (Å²) < 4.78 is 0. The average molecular weight is 154 g/mol. The van der Waals surface area contributed by atoms with E-state index < -0.39 is 0 Å². The second kappa shape index (κ2) is 4.16. The fourth-order valence-corrected chi connectivity index (χ4v) is 1.03. The zero-order chi connectivity index (χ0) is 8.10. The Hall–Kier alpha value is -0.800. The van der Waals surface area contributed by atoms with Crippen molar-refractivity contribution in [2.24, 2.45) is 0 Å². The van der Waals surface area contributed by atoms with Crippen molar-refractivity contribution in [3.05, 3.63) is 23.9 Å². The van der Waals surface area contributed by atoms with Gasteiger partial charge >= 0.3 is 0 Å². The number of aliphatic hydroxyl groups is 1. The van der Waals surface area contributed by atoms with Crippen LogP contribution in [0.3, 0.4) is 0 Å². The first kappa shape index (κ1) is 8.30. The summed E-state index contributed by atoms with van der Waals surface area (Å²) in [4.78, 5) is 0. The monoisotopic (exact) mass is 154 g/mol. The molecular formula is C8H14N2O. The molecular weight excluding hydrogens is 140 g/mol. The van der Waals surface area contributed by atoms with Crippen LogP contribution in [-0.4, -0.2) is 31.3 Å². The summed E-state index contributed by atoms with van der Waals surface area (Å²) in [5.41, 5.74) is 1.03. The molecule has 0 radical (unpaired) electrons. The van der Waals surface area contributed by atoms with Crippen molar-refractivity contribution < 1.29 is 5.11 Å². The molecule has 0 aromatic carbocycles. The summed E-state index contributed by atoms with van der Waals surface area (Å²) >= 11 is 0. The molecule has 1 aliphatic rings. The molecule has 3 N–H and O–H groups in total. The standard InChI is InChI=1S/C8H14N2O/c1-9-6-8(11)7-3-2-4-10-5-7/h2-4,8-11H,5-6H2,1H3. The van der Waals surface area contributed by atoms with Gasteiger partial charge in [0.25, 0.3) is 0 Å². The summed E-state index contributed by atoms with van der Waals surface area (Å²) in [6.45, 7) is 1.36. The number of nitrogens with one attached hydrogen (secondary N) is 2. The molecule has 0 saturated heterocycles. The first-order valence-electron chi connectivity index (χ1n) is 3.76. The Kier molecular flexibility index (Phi) is 3.14. The summed E-state index contributed by atoms with van der Waals surface area (Å²) in [6, 6.07) is 0. The lowest BCUT2D eigenvalue weighted by Gasteiger charge is -2.16. The second-order valence-corrected chi connectivity index (χ2v) is 2.56. The molecule has 62 valence electrons. The number of rotatable bonds is 3. The number of hydrogen-bond donors (Lipinski definition) is 3. The van der Waals surface area contributed by atoms with E-state index in [0.717, 1.165) is 12.1 Å². The van der Waals surface area contributed by atoms with E-state index in [2.05, 4.69) is 10.6 Å². The van der Waals surface area contributed by atoms with Crippen LogP contribution >= 0.6 is 0 Å². The SMILES string of the molecule is CNCC(O)C1=CC=CNC1. The minimum atomic E-state index is -0.363. The number of likely N-dealkylation sites (N-methyl/N-ethyl adjacent to an activating group) is 1. The van der Waals surface area contributed by atoms with Gasteiger partial charge in [-0.3, -0.25) is 0 Å². The molecule has 0 aromatic heterocycles. The quantitative estimate of drug-likeness (QED) is 0.519. The van der Waals surface area contributed by atoms with Gasteiger partial charge in [-0.25, -0.2) is 0 Å². The number of dihydropyridines is 1. The molecule has 1 heterocycles. The van der Waals surface area contributed by atoms with E-state index in [1.54, 1.807) is 0 Å². The van der Waals surface area contributed by atoms with Crippen LogP contribution < -0.4 is 10.6 Å². The summed E-state index contributed by atoms with van der Waals surface area (Å²) in [6.07, 6.45) is 5.35. The van der Waals surface area contributed by atoms with Gasteiger partial charge in [-0.15, -0.1) is 0 Å². The highest BCUT2D eigenvalue weighted by atomic mass is 16.3. The summed E-state index contributed by atoms with van der Waals surface area (Å²) in [5.74, 6) is 0. The normalized spacial score (nSPS) is 18.9. The molecule has 3 nitrogen and oxygen atoms in total. The van der Waals surface area contributed by atoms with Crippen LogP contribution in [0.1, 0.15) is 0 Å². The molecule has 0 amide bonds. The molecule has 0 saturated carbocycles. The van der Waals surface area contributed by atoms with Crippen molar-refractivity contribution in [2.45, 2.75) is 6.10 Å². The molecule has 1 atom stereocenters. The Morgan fingerprint density at radius 2 is 2.64 bits per heavy atom. The van der Waals surface area contributed by atoms with E-state index >= 15 is 0 Å². The highest BCUT2D eigenvalue weighted by Gasteiger charge is 2.09. The van der Waals surface area contributed by atoms with Gasteiger partial charge in [-0.2, -0.15) is 0 Å². The lowest BCUT2D eigenvalue weighted by atomic mass is 10.1. The molecule has 1 aliphatic heterocycles. The van der Waals surface area contributed by atoms with Crippen LogP contribution in [0.5, 0.6) is 0 Å². The molecule has 0 aliphatic carbocycles. The lowest BCUT2D eigenvalue weighted by molar-refractivity contribution is 0.207. The predicted octanol–water partition coefficient (Wildman–Crippen LogP) is -0.390. The van der Waals surface area contributed by atoms with Crippen molar-refractivity contribution in [2.75, 3.05) is 20.1 Å². The van der Waals surface area contributed by atoms with Gasteiger partial charge in [0, 0.05) is 13.1 Å². The molecule has 0 fully saturated rings. The van der Waals surface area contributed by atoms with Crippen molar-refractivity contribution in [3.8, 4) is 0 Å². The zero-order valence-corrected chi connectivity index (χ0v) is 6.67. The van der Waals surface area contributed by atoms with Crippen LogP contribution in [0, 0.1) is 0 Å². The summed E-state index contributed by atoms with van der Waals surface area (Å²) in [7, 11) is 1.83. The van der Waals surface area contributed by atoms with Crippen LogP contribution in [-0.2, 0) is 0 Å². The first-order chi connectivity index (χ1) is 5.34. The second-order valence-electron chi connectivity index (χ2n) is 2.56. The molecule has 0 aromatic rings. The maximum Gasteiger partial charge on any atom is 0.0894 e. The Labute approximate surface area is 66.8 Å². The van der Waals surface area contributed by atoms with Crippen LogP contribution in [0.4, 0.5) is 0 Å². The summed E-state index contributed by atoms with van der Waals surface area (Å²) in [5, 5.41) is 15.4. The third-order valence-corrected chi connectivity index (χ3v) is 1.66. The zero-order valence-electron chi connectivity index (χ0n) is 6.67. The van der Waals surface area contributed by atoms with E-state index in [4.69, 9.17) is 0 Å². The Morgan fingerprint density at radius 3 is 3.18 bits per heavy atom. The van der Waals surface area contributed by atoms with Gasteiger partial charge in [-0.1, -0.05) is 6.08 Å². The largest absolute Gasteiger partial charge is 0.387 e. The van der Waals surface area contributed by atoms with E-state index in [0.29, 0.717) is 6.54 Å².